The predicted molar refractivity (Wildman–Crippen MR) is 52.1 cm³/mol. The van der Waals surface area contributed by atoms with E-state index in [4.69, 9.17) is 0 Å². The maximum absolute atomic E-state index is 4.44. The van der Waals surface area contributed by atoms with Crippen molar-refractivity contribution < 1.29 is 0 Å². The molecule has 2 heterocycles. The van der Waals surface area contributed by atoms with Crippen molar-refractivity contribution in [1.29, 1.82) is 0 Å². The minimum Gasteiger partial charge on any atom is -0.287 e. The van der Waals surface area contributed by atoms with Gasteiger partial charge in [-0.2, -0.15) is 0 Å². The lowest BCUT2D eigenvalue weighted by atomic mass is 10.0. The Kier molecular flexibility index (Phi) is 2.16. The molecule has 0 radical (unpaired) electrons. The minimum absolute atomic E-state index is 0.284. The lowest BCUT2D eigenvalue weighted by Crippen LogP contribution is -2.19. The molecule has 0 bridgehead atoms. The number of hydrogen-bond acceptors (Lipinski definition) is 2. The van der Waals surface area contributed by atoms with Gasteiger partial charge in [-0.05, 0) is 25.0 Å². The van der Waals surface area contributed by atoms with Gasteiger partial charge in [-0.1, -0.05) is 12.2 Å². The summed E-state index contributed by atoms with van der Waals surface area (Å²) in [6, 6.07) is 0.284. The monoisotopic (exact) mass is 160 g/mol. The molecule has 2 aliphatic heterocycles. The van der Waals surface area contributed by atoms with E-state index in [1.165, 1.54) is 0 Å². The Morgan fingerprint density at radius 1 is 1.33 bits per heavy atom. The first kappa shape index (κ1) is 7.47. The molecule has 0 saturated carbocycles. The SMILES string of the molecule is C1=CC[C@@H](C2=NCCC=C2)N=C1. The van der Waals surface area contributed by atoms with Crippen LogP contribution in [0, 0.1) is 0 Å². The normalized spacial score (nSPS) is 27.3. The van der Waals surface area contributed by atoms with Gasteiger partial charge < -0.3 is 0 Å². The lowest BCUT2D eigenvalue weighted by Gasteiger charge is -2.14. The fourth-order valence-corrected chi connectivity index (χ4v) is 1.42. The van der Waals surface area contributed by atoms with Crippen LogP contribution in [0.1, 0.15) is 12.8 Å². The van der Waals surface area contributed by atoms with E-state index >= 15 is 0 Å². The zero-order valence-electron chi connectivity index (χ0n) is 6.98. The average Bonchev–Trinajstić information content (AvgIpc) is 2.21. The number of aliphatic imine (C=N–C) groups is 2. The first-order valence-corrected chi connectivity index (χ1v) is 4.36. The fraction of sp³-hybridized carbons (Fsp3) is 0.400. The first-order valence-electron chi connectivity index (χ1n) is 4.36. The van der Waals surface area contributed by atoms with Gasteiger partial charge in [0.2, 0.25) is 0 Å². The molecular weight excluding hydrogens is 148 g/mol. The molecule has 0 spiro atoms. The van der Waals surface area contributed by atoms with Crippen LogP contribution in [0.15, 0.2) is 34.3 Å². The van der Waals surface area contributed by atoms with Crippen LogP contribution in [0.4, 0.5) is 0 Å². The fourth-order valence-electron chi connectivity index (χ4n) is 1.42. The summed E-state index contributed by atoms with van der Waals surface area (Å²) in [6.07, 6.45) is 12.3. The van der Waals surface area contributed by atoms with Crippen molar-refractivity contribution in [3.8, 4) is 0 Å². The van der Waals surface area contributed by atoms with Crippen LogP contribution in [0.2, 0.25) is 0 Å². The molecule has 2 heteroatoms. The summed E-state index contributed by atoms with van der Waals surface area (Å²) in [6.45, 7) is 0.932. The molecule has 0 aromatic carbocycles. The highest BCUT2D eigenvalue weighted by Crippen LogP contribution is 2.10. The van der Waals surface area contributed by atoms with Gasteiger partial charge >= 0.3 is 0 Å². The lowest BCUT2D eigenvalue weighted by molar-refractivity contribution is 0.854. The molecule has 2 nitrogen and oxygen atoms in total. The Bertz CT molecular complexity index is 272. The summed E-state index contributed by atoms with van der Waals surface area (Å²) in [7, 11) is 0. The summed E-state index contributed by atoms with van der Waals surface area (Å²) >= 11 is 0. The highest BCUT2D eigenvalue weighted by molar-refractivity contribution is 6.01. The smallest absolute Gasteiger partial charge is 0.0949 e. The molecule has 2 aliphatic rings. The quantitative estimate of drug-likeness (QED) is 0.558. The summed E-state index contributed by atoms with van der Waals surface area (Å²) in [5, 5.41) is 0. The topological polar surface area (TPSA) is 24.7 Å². The van der Waals surface area contributed by atoms with E-state index in [1.807, 2.05) is 12.3 Å². The van der Waals surface area contributed by atoms with Crippen LogP contribution < -0.4 is 0 Å². The molecule has 0 aromatic heterocycles. The highest BCUT2D eigenvalue weighted by Gasteiger charge is 2.12. The Hall–Kier alpha value is -1.18. The number of rotatable bonds is 1. The van der Waals surface area contributed by atoms with Gasteiger partial charge in [0, 0.05) is 12.8 Å². The Morgan fingerprint density at radius 2 is 2.33 bits per heavy atom. The van der Waals surface area contributed by atoms with Crippen LogP contribution in [0.3, 0.4) is 0 Å². The van der Waals surface area contributed by atoms with E-state index < -0.39 is 0 Å². The van der Waals surface area contributed by atoms with Crippen LogP contribution in [0.5, 0.6) is 0 Å². The van der Waals surface area contributed by atoms with Gasteiger partial charge in [0.15, 0.2) is 0 Å². The third-order valence-corrected chi connectivity index (χ3v) is 2.07. The maximum atomic E-state index is 4.44. The molecule has 0 amide bonds. The number of nitrogens with zero attached hydrogens (tertiary/aromatic N) is 2. The molecule has 0 aliphatic carbocycles. The number of allylic oxidation sites excluding steroid dienone is 1. The van der Waals surface area contributed by atoms with Crippen molar-refractivity contribution in [2.45, 2.75) is 18.9 Å². The highest BCUT2D eigenvalue weighted by atomic mass is 14.9. The van der Waals surface area contributed by atoms with E-state index in [0.717, 1.165) is 25.1 Å². The van der Waals surface area contributed by atoms with Gasteiger partial charge in [-0.15, -0.1) is 0 Å². The average molecular weight is 160 g/mol. The van der Waals surface area contributed by atoms with E-state index in [-0.39, 0.29) is 6.04 Å². The molecule has 12 heavy (non-hydrogen) atoms. The van der Waals surface area contributed by atoms with Crippen molar-refractivity contribution in [2.24, 2.45) is 9.98 Å². The molecule has 1 atom stereocenters. The molecule has 0 unspecified atom stereocenters. The number of dihydropyridines is 2. The predicted octanol–water partition coefficient (Wildman–Crippen LogP) is 1.79. The third kappa shape index (κ3) is 1.52. The van der Waals surface area contributed by atoms with E-state index in [9.17, 15) is 0 Å². The van der Waals surface area contributed by atoms with Gasteiger partial charge in [0.05, 0.1) is 11.8 Å². The molecule has 62 valence electrons. The van der Waals surface area contributed by atoms with Crippen molar-refractivity contribution in [2.75, 3.05) is 6.54 Å². The van der Waals surface area contributed by atoms with Crippen LogP contribution >= 0.6 is 0 Å². The molecular formula is C10H12N2. The largest absolute Gasteiger partial charge is 0.287 e. The second-order valence-corrected chi connectivity index (χ2v) is 2.98. The Balaban J connectivity index is 2.09. The molecule has 0 aromatic rings. The van der Waals surface area contributed by atoms with Gasteiger partial charge in [-0.25, -0.2) is 0 Å². The van der Waals surface area contributed by atoms with Crippen molar-refractivity contribution in [3.63, 3.8) is 0 Å². The summed E-state index contributed by atoms with van der Waals surface area (Å²) in [4.78, 5) is 8.79. The Morgan fingerprint density at radius 3 is 3.00 bits per heavy atom. The van der Waals surface area contributed by atoms with Gasteiger partial charge in [0.25, 0.3) is 0 Å². The van der Waals surface area contributed by atoms with Gasteiger partial charge in [0.1, 0.15) is 0 Å². The van der Waals surface area contributed by atoms with Crippen molar-refractivity contribution >= 4 is 11.9 Å². The minimum atomic E-state index is 0.284. The Labute approximate surface area is 72.4 Å². The second-order valence-electron chi connectivity index (χ2n) is 2.98. The summed E-state index contributed by atoms with van der Waals surface area (Å²) in [5.74, 6) is 0. The van der Waals surface area contributed by atoms with E-state index in [2.05, 4.69) is 28.2 Å². The van der Waals surface area contributed by atoms with E-state index in [1.54, 1.807) is 0 Å². The molecule has 0 N–H and O–H groups in total. The third-order valence-electron chi connectivity index (χ3n) is 2.07. The van der Waals surface area contributed by atoms with Crippen LogP contribution in [0.25, 0.3) is 0 Å². The molecule has 0 saturated heterocycles. The van der Waals surface area contributed by atoms with Crippen molar-refractivity contribution in [3.05, 3.63) is 24.3 Å². The van der Waals surface area contributed by atoms with Crippen LogP contribution in [-0.2, 0) is 0 Å². The first-order chi connectivity index (χ1) is 5.97. The maximum Gasteiger partial charge on any atom is 0.0949 e. The molecule has 0 fully saturated rings. The summed E-state index contributed by atoms with van der Waals surface area (Å²) < 4.78 is 0. The molecule has 2 rings (SSSR count). The van der Waals surface area contributed by atoms with E-state index in [0.29, 0.717) is 0 Å². The van der Waals surface area contributed by atoms with Crippen molar-refractivity contribution in [1.82, 2.24) is 0 Å². The summed E-state index contributed by atoms with van der Waals surface area (Å²) in [5.41, 5.74) is 1.14. The van der Waals surface area contributed by atoms with Gasteiger partial charge in [-0.3, -0.25) is 9.98 Å². The second kappa shape index (κ2) is 3.48. The zero-order chi connectivity index (χ0) is 8.23. The van der Waals surface area contributed by atoms with Crippen LogP contribution in [-0.4, -0.2) is 24.5 Å². The standard InChI is InChI=1S/C10H12N2/c1-3-7-11-9(5-1)10-6-2-4-8-12-10/h1-3,6-7,9H,4-5,8H2/t9-/m0/s1. The number of hydrogen-bond donors (Lipinski definition) is 0. The zero-order valence-corrected chi connectivity index (χ0v) is 6.98.